The summed E-state index contributed by atoms with van der Waals surface area (Å²) >= 11 is 0. The van der Waals surface area contributed by atoms with Gasteiger partial charge in [0.25, 0.3) is 0 Å². The van der Waals surface area contributed by atoms with Crippen molar-refractivity contribution in [1.29, 1.82) is 0 Å². The van der Waals surface area contributed by atoms with Crippen molar-refractivity contribution in [3.8, 4) is 18.1 Å². The fourth-order valence-corrected chi connectivity index (χ4v) is 1.44. The van der Waals surface area contributed by atoms with Crippen molar-refractivity contribution >= 4 is 10.9 Å². The van der Waals surface area contributed by atoms with Crippen molar-refractivity contribution < 1.29 is 9.47 Å². The van der Waals surface area contributed by atoms with E-state index in [1.807, 2.05) is 18.2 Å². The molecule has 0 radical (unpaired) electrons. The van der Waals surface area contributed by atoms with Crippen molar-refractivity contribution in [3.63, 3.8) is 0 Å². The first-order valence-electron chi connectivity index (χ1n) is 4.91. The number of nitrogens with zero attached hydrogens (tertiary/aromatic N) is 1. The van der Waals surface area contributed by atoms with Crippen LogP contribution in [0.3, 0.4) is 0 Å². The second-order valence-electron chi connectivity index (χ2n) is 3.27. The van der Waals surface area contributed by atoms with Crippen LogP contribution >= 0.6 is 0 Å². The largest absolute Gasteiger partial charge is 0.491 e. The van der Waals surface area contributed by atoms with Gasteiger partial charge in [0, 0.05) is 18.6 Å². The number of aromatic nitrogens is 2. The molecule has 1 heterocycles. The molecule has 1 N–H and O–H groups in total. The Labute approximate surface area is 93.6 Å². The van der Waals surface area contributed by atoms with Crippen molar-refractivity contribution in [2.75, 3.05) is 20.3 Å². The van der Waals surface area contributed by atoms with E-state index in [-0.39, 0.29) is 0 Å². The Morgan fingerprint density at radius 3 is 3.06 bits per heavy atom. The van der Waals surface area contributed by atoms with Gasteiger partial charge in [-0.05, 0) is 18.1 Å². The molecule has 0 aliphatic carbocycles. The van der Waals surface area contributed by atoms with Crippen LogP contribution in [0, 0.1) is 12.3 Å². The number of hydrogen-bond donors (Lipinski definition) is 1. The van der Waals surface area contributed by atoms with Gasteiger partial charge in [-0.1, -0.05) is 0 Å². The molecule has 1 aromatic carbocycles. The molecule has 0 aliphatic heterocycles. The summed E-state index contributed by atoms with van der Waals surface area (Å²) in [5.41, 5.74) is 1.50. The summed E-state index contributed by atoms with van der Waals surface area (Å²) < 4.78 is 10.4. The van der Waals surface area contributed by atoms with E-state index in [0.717, 1.165) is 16.7 Å². The summed E-state index contributed by atoms with van der Waals surface area (Å²) in [5.74, 6) is 3.29. The lowest BCUT2D eigenvalue weighted by molar-refractivity contribution is 0.146. The van der Waals surface area contributed by atoms with Crippen molar-refractivity contribution in [3.05, 3.63) is 23.9 Å². The smallest absolute Gasteiger partial charge is 0.142 e. The zero-order chi connectivity index (χ0) is 11.4. The molecule has 0 spiro atoms. The van der Waals surface area contributed by atoms with Crippen LogP contribution in [0.15, 0.2) is 18.2 Å². The zero-order valence-electron chi connectivity index (χ0n) is 8.99. The number of benzene rings is 1. The number of fused-ring (bicyclic) bond motifs is 1. The average molecular weight is 216 g/mol. The predicted octanol–water partition coefficient (Wildman–Crippen LogP) is 1.57. The van der Waals surface area contributed by atoms with Crippen LogP contribution in [0.5, 0.6) is 5.75 Å². The van der Waals surface area contributed by atoms with Gasteiger partial charge in [-0.25, -0.2) is 0 Å². The SMILES string of the molecule is C#Cc1n[nH]c2cc(OCCOC)ccc12. The van der Waals surface area contributed by atoms with E-state index in [4.69, 9.17) is 15.9 Å². The molecule has 0 saturated carbocycles. The minimum absolute atomic E-state index is 0.526. The molecule has 0 bridgehead atoms. The Morgan fingerprint density at radius 1 is 1.44 bits per heavy atom. The van der Waals surface area contributed by atoms with Crippen molar-refractivity contribution in [2.24, 2.45) is 0 Å². The second-order valence-corrected chi connectivity index (χ2v) is 3.27. The zero-order valence-corrected chi connectivity index (χ0v) is 8.99. The molecule has 16 heavy (non-hydrogen) atoms. The molecule has 2 aromatic rings. The molecule has 0 amide bonds. The van der Waals surface area contributed by atoms with Gasteiger partial charge in [-0.2, -0.15) is 5.10 Å². The number of H-pyrrole nitrogens is 1. The lowest BCUT2D eigenvalue weighted by Gasteiger charge is -2.04. The predicted molar refractivity (Wildman–Crippen MR) is 61.4 cm³/mol. The minimum Gasteiger partial charge on any atom is -0.491 e. The van der Waals surface area contributed by atoms with E-state index in [9.17, 15) is 0 Å². The van der Waals surface area contributed by atoms with Gasteiger partial charge in [-0.3, -0.25) is 5.10 Å². The highest BCUT2D eigenvalue weighted by Gasteiger charge is 2.04. The normalized spacial score (nSPS) is 10.2. The quantitative estimate of drug-likeness (QED) is 0.623. The van der Waals surface area contributed by atoms with Crippen LogP contribution in [-0.2, 0) is 4.74 Å². The van der Waals surface area contributed by atoms with E-state index in [2.05, 4.69) is 16.1 Å². The molecule has 82 valence electrons. The van der Waals surface area contributed by atoms with E-state index in [1.165, 1.54) is 0 Å². The number of rotatable bonds is 4. The third-order valence-electron chi connectivity index (χ3n) is 2.23. The highest BCUT2D eigenvalue weighted by Crippen LogP contribution is 2.21. The Morgan fingerprint density at radius 2 is 2.31 bits per heavy atom. The molecular formula is C12H12N2O2. The standard InChI is InChI=1S/C12H12N2O2/c1-3-11-10-5-4-9(16-7-6-15-2)8-12(10)14-13-11/h1,4-5,8H,6-7H2,2H3,(H,13,14). The summed E-state index contributed by atoms with van der Waals surface area (Å²) in [6.45, 7) is 1.09. The first kappa shape index (κ1) is 10.5. The number of hydrogen-bond acceptors (Lipinski definition) is 3. The van der Waals surface area contributed by atoms with Crippen molar-refractivity contribution in [1.82, 2.24) is 10.2 Å². The van der Waals surface area contributed by atoms with Crippen LogP contribution in [0.1, 0.15) is 5.69 Å². The topological polar surface area (TPSA) is 47.1 Å². The molecule has 4 nitrogen and oxygen atoms in total. The van der Waals surface area contributed by atoms with E-state index < -0.39 is 0 Å². The van der Waals surface area contributed by atoms with Crippen LogP contribution in [0.4, 0.5) is 0 Å². The number of aromatic amines is 1. The fourth-order valence-electron chi connectivity index (χ4n) is 1.44. The third-order valence-corrected chi connectivity index (χ3v) is 2.23. The molecule has 0 unspecified atom stereocenters. The highest BCUT2D eigenvalue weighted by atomic mass is 16.5. The van der Waals surface area contributed by atoms with E-state index in [0.29, 0.717) is 18.9 Å². The van der Waals surface area contributed by atoms with Gasteiger partial charge < -0.3 is 9.47 Å². The molecule has 2 rings (SSSR count). The molecular weight excluding hydrogens is 204 g/mol. The Kier molecular flexibility index (Phi) is 3.08. The van der Waals surface area contributed by atoms with Gasteiger partial charge in [-0.15, -0.1) is 6.42 Å². The van der Waals surface area contributed by atoms with E-state index >= 15 is 0 Å². The molecule has 4 heteroatoms. The molecule has 0 fully saturated rings. The van der Waals surface area contributed by atoms with Crippen LogP contribution in [0.2, 0.25) is 0 Å². The lowest BCUT2D eigenvalue weighted by atomic mass is 10.2. The first-order chi connectivity index (χ1) is 7.85. The fraction of sp³-hybridized carbons (Fsp3) is 0.250. The number of methoxy groups -OCH3 is 1. The summed E-state index contributed by atoms with van der Waals surface area (Å²) in [7, 11) is 1.64. The molecule has 1 aromatic heterocycles. The van der Waals surface area contributed by atoms with Gasteiger partial charge in [0.05, 0.1) is 12.1 Å². The van der Waals surface area contributed by atoms with Gasteiger partial charge >= 0.3 is 0 Å². The summed E-state index contributed by atoms with van der Waals surface area (Å²) in [6.07, 6.45) is 5.32. The third kappa shape index (κ3) is 2.00. The number of terminal acetylenes is 1. The molecule has 0 aliphatic rings. The van der Waals surface area contributed by atoms with Gasteiger partial charge in [0.2, 0.25) is 0 Å². The first-order valence-corrected chi connectivity index (χ1v) is 4.91. The van der Waals surface area contributed by atoms with Crippen LogP contribution < -0.4 is 4.74 Å². The maximum Gasteiger partial charge on any atom is 0.142 e. The van der Waals surface area contributed by atoms with E-state index in [1.54, 1.807) is 7.11 Å². The molecule has 0 saturated heterocycles. The van der Waals surface area contributed by atoms with Crippen molar-refractivity contribution in [2.45, 2.75) is 0 Å². The Balaban J connectivity index is 2.21. The minimum atomic E-state index is 0.526. The molecule has 0 atom stereocenters. The lowest BCUT2D eigenvalue weighted by Crippen LogP contribution is -2.03. The highest BCUT2D eigenvalue weighted by molar-refractivity contribution is 5.84. The summed E-state index contributed by atoms with van der Waals surface area (Å²) in [6, 6.07) is 5.64. The van der Waals surface area contributed by atoms with Gasteiger partial charge in [0.15, 0.2) is 0 Å². The summed E-state index contributed by atoms with van der Waals surface area (Å²) in [5, 5.41) is 7.81. The number of ether oxygens (including phenoxy) is 2. The maximum absolute atomic E-state index is 5.47. The monoisotopic (exact) mass is 216 g/mol. The Bertz CT molecular complexity index is 525. The second kappa shape index (κ2) is 4.69. The van der Waals surface area contributed by atoms with Crippen LogP contribution in [-0.4, -0.2) is 30.5 Å². The summed E-state index contributed by atoms with van der Waals surface area (Å²) in [4.78, 5) is 0. The number of nitrogens with one attached hydrogen (secondary N) is 1. The Hall–Kier alpha value is -1.99. The maximum atomic E-state index is 5.47. The van der Waals surface area contributed by atoms with Crippen LogP contribution in [0.25, 0.3) is 10.9 Å². The van der Waals surface area contributed by atoms with Gasteiger partial charge in [0.1, 0.15) is 18.1 Å². The average Bonchev–Trinajstić information content (AvgIpc) is 2.71.